The van der Waals surface area contributed by atoms with Crippen LogP contribution in [0, 0.1) is 5.82 Å². The predicted molar refractivity (Wildman–Crippen MR) is 144 cm³/mol. The summed E-state index contributed by atoms with van der Waals surface area (Å²) >= 11 is 7.72. The lowest BCUT2D eigenvalue weighted by Crippen LogP contribution is -2.56. The number of nitrogens with zero attached hydrogens (tertiary/aromatic N) is 3. The molecule has 5 rings (SSSR count). The van der Waals surface area contributed by atoms with Crippen LogP contribution in [0.1, 0.15) is 44.7 Å². The number of anilines is 2. The van der Waals surface area contributed by atoms with Crippen molar-refractivity contribution < 1.29 is 27.6 Å². The first-order valence-electron chi connectivity index (χ1n) is 11.9. The normalized spacial score (nSPS) is 19.1. The van der Waals surface area contributed by atoms with E-state index in [1.807, 2.05) is 0 Å². The zero-order valence-corrected chi connectivity index (χ0v) is 21.4. The number of alkyl halides is 2. The summed E-state index contributed by atoms with van der Waals surface area (Å²) in [5.74, 6) is -4.96. The molecular formula is C27H26ClF3N4O3S. The molecule has 7 nitrogen and oxygen atoms in total. The molecule has 2 atom stereocenters. The Hall–Kier alpha value is -3.44. The summed E-state index contributed by atoms with van der Waals surface area (Å²) in [5, 5.41) is 4.38. The molecule has 1 aliphatic heterocycles. The third-order valence-electron chi connectivity index (χ3n) is 6.63. The summed E-state index contributed by atoms with van der Waals surface area (Å²) in [6, 6.07) is 8.20. The Balaban J connectivity index is 0.00000353. The van der Waals surface area contributed by atoms with Crippen molar-refractivity contribution in [1.82, 2.24) is 10.3 Å². The van der Waals surface area contributed by atoms with Crippen LogP contribution in [0.15, 0.2) is 59.4 Å². The van der Waals surface area contributed by atoms with Crippen LogP contribution in [0.4, 0.5) is 24.7 Å². The highest BCUT2D eigenvalue weighted by molar-refractivity contribution is 7.07. The second-order valence-corrected chi connectivity index (χ2v) is 10.4. The standard InChI is InChI=1S/C26H22ClF3N4O3S.CH4/c27-19-7-2-1-6-18(19)23(24(36)32-16-11-26(29,30)12-16)33(17-5-3-4-15(28)10-17)25(37)20-8-9-22(35)34(20)21-13-38-14-31-21;/h1-7,10,13-14,16,20,23H,8-9,11-12H2,(H,32,36);1H4/t20-,23+;/m0./s1. The predicted octanol–water partition coefficient (Wildman–Crippen LogP) is 5.76. The minimum absolute atomic E-state index is 0. The quantitative estimate of drug-likeness (QED) is 0.387. The van der Waals surface area contributed by atoms with Gasteiger partial charge in [-0.25, -0.2) is 18.2 Å². The van der Waals surface area contributed by atoms with E-state index in [1.54, 1.807) is 23.6 Å². The smallest absolute Gasteiger partial charge is 0.252 e. The van der Waals surface area contributed by atoms with E-state index in [1.165, 1.54) is 46.0 Å². The van der Waals surface area contributed by atoms with E-state index in [2.05, 4.69) is 10.3 Å². The van der Waals surface area contributed by atoms with Crippen LogP contribution >= 0.6 is 22.9 Å². The molecule has 0 unspecified atom stereocenters. The van der Waals surface area contributed by atoms with Crippen molar-refractivity contribution in [2.24, 2.45) is 0 Å². The van der Waals surface area contributed by atoms with E-state index in [0.29, 0.717) is 5.82 Å². The van der Waals surface area contributed by atoms with Crippen LogP contribution in [0.2, 0.25) is 5.02 Å². The summed E-state index contributed by atoms with van der Waals surface area (Å²) in [7, 11) is 0. The van der Waals surface area contributed by atoms with Gasteiger partial charge in [0.25, 0.3) is 11.8 Å². The summed E-state index contributed by atoms with van der Waals surface area (Å²) in [5.41, 5.74) is 1.80. The van der Waals surface area contributed by atoms with Crippen molar-refractivity contribution in [2.45, 2.75) is 57.2 Å². The van der Waals surface area contributed by atoms with Gasteiger partial charge in [-0.1, -0.05) is 43.3 Å². The first-order chi connectivity index (χ1) is 18.1. The minimum atomic E-state index is -2.88. The Morgan fingerprint density at radius 2 is 1.92 bits per heavy atom. The van der Waals surface area contributed by atoms with Crippen molar-refractivity contribution in [3.63, 3.8) is 0 Å². The van der Waals surface area contributed by atoms with Gasteiger partial charge in [-0.15, -0.1) is 11.3 Å². The number of amides is 3. The van der Waals surface area contributed by atoms with Crippen LogP contribution in [-0.2, 0) is 14.4 Å². The monoisotopic (exact) mass is 578 g/mol. The molecule has 3 aromatic rings. The van der Waals surface area contributed by atoms with Gasteiger partial charge in [0.15, 0.2) is 0 Å². The van der Waals surface area contributed by atoms with Crippen LogP contribution in [0.5, 0.6) is 0 Å². The molecule has 1 N–H and O–H groups in total. The molecule has 1 aromatic heterocycles. The molecule has 12 heteroatoms. The van der Waals surface area contributed by atoms with Gasteiger partial charge < -0.3 is 5.32 Å². The van der Waals surface area contributed by atoms with Crippen LogP contribution < -0.4 is 15.1 Å². The largest absolute Gasteiger partial charge is 0.351 e. The number of halogens is 4. The number of nitrogens with one attached hydrogen (secondary N) is 1. The van der Waals surface area contributed by atoms with Crippen molar-refractivity contribution in [3.8, 4) is 0 Å². The molecular weight excluding hydrogens is 553 g/mol. The number of hydrogen-bond donors (Lipinski definition) is 1. The number of thiazole rings is 1. The molecule has 206 valence electrons. The molecule has 1 saturated carbocycles. The number of carbonyl (C=O) groups is 3. The highest BCUT2D eigenvalue weighted by Crippen LogP contribution is 2.39. The first-order valence-corrected chi connectivity index (χ1v) is 13.2. The van der Waals surface area contributed by atoms with Crippen LogP contribution in [0.25, 0.3) is 0 Å². The lowest BCUT2D eigenvalue weighted by atomic mass is 9.87. The van der Waals surface area contributed by atoms with E-state index in [0.717, 1.165) is 11.0 Å². The third-order valence-corrected chi connectivity index (χ3v) is 7.55. The van der Waals surface area contributed by atoms with E-state index in [4.69, 9.17) is 11.6 Å². The fourth-order valence-corrected chi connectivity index (χ4v) is 5.62. The van der Waals surface area contributed by atoms with Gasteiger partial charge in [-0.05, 0) is 30.7 Å². The summed E-state index contributed by atoms with van der Waals surface area (Å²) < 4.78 is 41.5. The van der Waals surface area contributed by atoms with E-state index < -0.39 is 54.5 Å². The molecule has 0 radical (unpaired) electrons. The molecule has 2 heterocycles. The maximum absolute atomic E-state index is 14.4. The molecule has 2 fully saturated rings. The van der Waals surface area contributed by atoms with Gasteiger partial charge in [-0.3, -0.25) is 24.2 Å². The van der Waals surface area contributed by atoms with Gasteiger partial charge in [0.1, 0.15) is 23.7 Å². The summed E-state index contributed by atoms with van der Waals surface area (Å²) in [4.78, 5) is 47.3. The fourth-order valence-electron chi connectivity index (χ4n) is 4.86. The summed E-state index contributed by atoms with van der Waals surface area (Å²) in [6.07, 6.45) is -0.842. The van der Waals surface area contributed by atoms with Gasteiger partial charge in [0.2, 0.25) is 11.8 Å². The van der Waals surface area contributed by atoms with Crippen molar-refractivity contribution in [2.75, 3.05) is 9.80 Å². The Labute approximate surface area is 232 Å². The second kappa shape index (κ2) is 11.4. The maximum atomic E-state index is 14.4. The first kappa shape index (κ1) is 28.6. The zero-order chi connectivity index (χ0) is 27.0. The second-order valence-electron chi connectivity index (χ2n) is 9.25. The van der Waals surface area contributed by atoms with Crippen molar-refractivity contribution in [1.29, 1.82) is 0 Å². The van der Waals surface area contributed by atoms with Crippen LogP contribution in [0.3, 0.4) is 0 Å². The number of benzene rings is 2. The number of carbonyl (C=O) groups excluding carboxylic acids is 3. The SMILES string of the molecule is C.O=C(NC1CC(F)(F)C1)[C@@H](c1ccccc1Cl)N(C(=O)[C@@H]1CCC(=O)N1c1cscn1)c1cccc(F)c1. The maximum Gasteiger partial charge on any atom is 0.252 e. The van der Waals surface area contributed by atoms with E-state index in [-0.39, 0.29) is 42.4 Å². The Kier molecular flexibility index (Phi) is 8.31. The third kappa shape index (κ3) is 5.79. The molecule has 0 bridgehead atoms. The van der Waals surface area contributed by atoms with Gasteiger partial charge in [0.05, 0.1) is 5.51 Å². The number of hydrogen-bond acceptors (Lipinski definition) is 5. The summed E-state index contributed by atoms with van der Waals surface area (Å²) in [6.45, 7) is 0. The molecule has 3 amide bonds. The molecule has 2 aliphatic rings. The number of rotatable bonds is 7. The van der Waals surface area contributed by atoms with E-state index in [9.17, 15) is 27.6 Å². The average molecular weight is 579 g/mol. The molecule has 2 aromatic carbocycles. The van der Waals surface area contributed by atoms with Gasteiger partial charge in [0, 0.05) is 47.0 Å². The lowest BCUT2D eigenvalue weighted by Gasteiger charge is -2.39. The molecule has 1 saturated heterocycles. The molecule has 39 heavy (non-hydrogen) atoms. The van der Waals surface area contributed by atoms with Crippen LogP contribution in [-0.4, -0.2) is 40.7 Å². The average Bonchev–Trinajstić information content (AvgIpc) is 3.51. The Morgan fingerprint density at radius 3 is 2.56 bits per heavy atom. The lowest BCUT2D eigenvalue weighted by molar-refractivity contribution is -0.133. The Morgan fingerprint density at radius 1 is 1.18 bits per heavy atom. The van der Waals surface area contributed by atoms with Crippen molar-refractivity contribution in [3.05, 3.63) is 75.8 Å². The fraction of sp³-hybridized carbons (Fsp3) is 0.333. The van der Waals surface area contributed by atoms with Gasteiger partial charge >= 0.3 is 0 Å². The minimum Gasteiger partial charge on any atom is -0.351 e. The molecule has 1 aliphatic carbocycles. The molecule has 0 spiro atoms. The topological polar surface area (TPSA) is 82.6 Å². The Bertz CT molecular complexity index is 1370. The van der Waals surface area contributed by atoms with Crippen molar-refractivity contribution >= 4 is 52.2 Å². The highest BCUT2D eigenvalue weighted by atomic mass is 35.5. The highest BCUT2D eigenvalue weighted by Gasteiger charge is 2.48. The zero-order valence-electron chi connectivity index (χ0n) is 19.8. The number of aromatic nitrogens is 1. The van der Waals surface area contributed by atoms with E-state index >= 15 is 0 Å². The van der Waals surface area contributed by atoms with Gasteiger partial charge in [-0.2, -0.15) is 0 Å².